The maximum atomic E-state index is 11.9. The van der Waals surface area contributed by atoms with Gasteiger partial charge in [-0.25, -0.2) is 4.99 Å². The van der Waals surface area contributed by atoms with Crippen LogP contribution in [0.4, 0.5) is 5.69 Å². The fourth-order valence-corrected chi connectivity index (χ4v) is 2.82. The van der Waals surface area contributed by atoms with Gasteiger partial charge in [-0.1, -0.05) is 12.1 Å². The lowest BCUT2D eigenvalue weighted by atomic mass is 9.98. The summed E-state index contributed by atoms with van der Waals surface area (Å²) in [6, 6.07) is 11.2. The Morgan fingerprint density at radius 2 is 2.08 bits per heavy atom. The summed E-state index contributed by atoms with van der Waals surface area (Å²) in [4.78, 5) is 16.3. The highest BCUT2D eigenvalue weighted by Crippen LogP contribution is 2.28. The van der Waals surface area contributed by atoms with Crippen molar-refractivity contribution in [2.45, 2.75) is 13.0 Å². The smallest absolute Gasteiger partial charge is 0.251 e. The standard InChI is InChI=1S/C19H22N4O3/c1-25-14-5-6-17(26-2)16(10-14)23-19(20)22-11-12-3-4-13-7-8-21-18(24)15(13)9-12/h3-6,9-10H,7-8,11H2,1-2H3,(H,21,24)(H3,20,22,23). The van der Waals surface area contributed by atoms with E-state index in [2.05, 4.69) is 15.6 Å². The number of benzene rings is 2. The molecule has 0 atom stereocenters. The number of nitrogens with one attached hydrogen (secondary N) is 2. The van der Waals surface area contributed by atoms with Crippen molar-refractivity contribution in [2.75, 3.05) is 26.1 Å². The quantitative estimate of drug-likeness (QED) is 0.563. The molecule has 1 aliphatic rings. The second-order valence-corrected chi connectivity index (χ2v) is 5.89. The zero-order valence-corrected chi connectivity index (χ0v) is 14.8. The summed E-state index contributed by atoms with van der Waals surface area (Å²) in [5.74, 6) is 1.53. The van der Waals surface area contributed by atoms with Crippen molar-refractivity contribution in [3.63, 3.8) is 0 Å². The van der Waals surface area contributed by atoms with Crippen molar-refractivity contribution in [3.05, 3.63) is 53.1 Å². The monoisotopic (exact) mass is 354 g/mol. The first-order chi connectivity index (χ1) is 12.6. The molecule has 7 nitrogen and oxygen atoms in total. The molecule has 26 heavy (non-hydrogen) atoms. The van der Waals surface area contributed by atoms with Crippen molar-refractivity contribution in [3.8, 4) is 11.5 Å². The highest BCUT2D eigenvalue weighted by Gasteiger charge is 2.16. The van der Waals surface area contributed by atoms with Gasteiger partial charge in [-0.15, -0.1) is 0 Å². The minimum absolute atomic E-state index is 0.0377. The number of anilines is 1. The number of aliphatic imine (C=N–C) groups is 1. The largest absolute Gasteiger partial charge is 0.497 e. The molecule has 0 radical (unpaired) electrons. The molecule has 0 unspecified atom stereocenters. The molecule has 7 heteroatoms. The van der Waals surface area contributed by atoms with E-state index < -0.39 is 0 Å². The van der Waals surface area contributed by atoms with Gasteiger partial charge in [0.15, 0.2) is 5.96 Å². The molecule has 0 aromatic heterocycles. The van der Waals surface area contributed by atoms with Crippen molar-refractivity contribution in [1.82, 2.24) is 5.32 Å². The molecular formula is C19H22N4O3. The molecule has 0 bridgehead atoms. The number of hydrogen-bond acceptors (Lipinski definition) is 4. The van der Waals surface area contributed by atoms with Crippen LogP contribution in [0.5, 0.6) is 11.5 Å². The lowest BCUT2D eigenvalue weighted by Crippen LogP contribution is -2.31. The Morgan fingerprint density at radius 1 is 1.23 bits per heavy atom. The summed E-state index contributed by atoms with van der Waals surface area (Å²) in [5.41, 5.74) is 9.36. The molecule has 136 valence electrons. The molecule has 1 amide bonds. The minimum Gasteiger partial charge on any atom is -0.497 e. The number of hydrogen-bond donors (Lipinski definition) is 3. The fraction of sp³-hybridized carbons (Fsp3) is 0.263. The molecular weight excluding hydrogens is 332 g/mol. The Bertz CT molecular complexity index is 849. The van der Waals surface area contributed by atoms with Crippen molar-refractivity contribution in [2.24, 2.45) is 10.7 Å². The Hall–Kier alpha value is -3.22. The molecule has 2 aromatic rings. The Balaban J connectivity index is 1.73. The zero-order valence-electron chi connectivity index (χ0n) is 14.8. The SMILES string of the molecule is COc1ccc(OC)c(NC(N)=NCc2ccc3c(c2)C(=O)NCC3)c1. The molecule has 0 aliphatic carbocycles. The fourth-order valence-electron chi connectivity index (χ4n) is 2.82. The maximum absolute atomic E-state index is 11.9. The highest BCUT2D eigenvalue weighted by molar-refractivity contribution is 5.97. The van der Waals surface area contributed by atoms with Crippen LogP contribution in [0.3, 0.4) is 0 Å². The van der Waals surface area contributed by atoms with Crippen LogP contribution < -0.4 is 25.8 Å². The Labute approximate surface area is 152 Å². The van der Waals surface area contributed by atoms with Crippen LogP contribution in [0.15, 0.2) is 41.4 Å². The van der Waals surface area contributed by atoms with Gasteiger partial charge in [0, 0.05) is 18.2 Å². The van der Waals surface area contributed by atoms with Gasteiger partial charge in [0.05, 0.1) is 26.5 Å². The number of methoxy groups -OCH3 is 2. The molecule has 2 aromatic carbocycles. The van der Waals surface area contributed by atoms with Crippen LogP contribution in [0.1, 0.15) is 21.5 Å². The number of guanidine groups is 1. The first-order valence-corrected chi connectivity index (χ1v) is 8.29. The lowest BCUT2D eigenvalue weighted by molar-refractivity contribution is 0.0946. The van der Waals surface area contributed by atoms with E-state index in [1.807, 2.05) is 18.2 Å². The van der Waals surface area contributed by atoms with E-state index in [1.54, 1.807) is 32.4 Å². The average Bonchev–Trinajstić information content (AvgIpc) is 2.66. The van der Waals surface area contributed by atoms with Crippen molar-refractivity contribution in [1.29, 1.82) is 0 Å². The number of nitrogens with zero attached hydrogens (tertiary/aromatic N) is 1. The molecule has 1 heterocycles. The molecule has 4 N–H and O–H groups in total. The molecule has 0 saturated heterocycles. The molecule has 1 aliphatic heterocycles. The zero-order chi connectivity index (χ0) is 18.5. The average molecular weight is 354 g/mol. The van der Waals surface area contributed by atoms with E-state index >= 15 is 0 Å². The molecule has 0 fully saturated rings. The summed E-state index contributed by atoms with van der Waals surface area (Å²) in [6.45, 7) is 1.05. The third kappa shape index (κ3) is 3.88. The van der Waals surface area contributed by atoms with Gasteiger partial charge in [-0.2, -0.15) is 0 Å². The van der Waals surface area contributed by atoms with E-state index in [4.69, 9.17) is 15.2 Å². The van der Waals surface area contributed by atoms with Crippen LogP contribution in [-0.4, -0.2) is 32.6 Å². The topological polar surface area (TPSA) is 98.0 Å². The Kier molecular flexibility index (Phi) is 5.26. The number of amides is 1. The van der Waals surface area contributed by atoms with Gasteiger partial charge >= 0.3 is 0 Å². The summed E-state index contributed by atoms with van der Waals surface area (Å²) >= 11 is 0. The van der Waals surface area contributed by atoms with Crippen LogP contribution in [0, 0.1) is 0 Å². The first-order valence-electron chi connectivity index (χ1n) is 8.29. The molecule has 3 rings (SSSR count). The predicted molar refractivity (Wildman–Crippen MR) is 101 cm³/mol. The number of fused-ring (bicyclic) bond motifs is 1. The van der Waals surface area contributed by atoms with Gasteiger partial charge in [0.2, 0.25) is 0 Å². The second kappa shape index (κ2) is 7.77. The number of carbonyl (C=O) groups is 1. The van der Waals surface area contributed by atoms with Crippen LogP contribution in [0.2, 0.25) is 0 Å². The van der Waals surface area contributed by atoms with Crippen molar-refractivity contribution < 1.29 is 14.3 Å². The minimum atomic E-state index is -0.0377. The normalized spacial score (nSPS) is 13.6. The first kappa shape index (κ1) is 17.6. The van der Waals surface area contributed by atoms with E-state index in [1.165, 1.54) is 0 Å². The molecule has 0 spiro atoms. The predicted octanol–water partition coefficient (Wildman–Crippen LogP) is 1.92. The van der Waals surface area contributed by atoms with E-state index in [9.17, 15) is 4.79 Å². The van der Waals surface area contributed by atoms with Gasteiger partial charge in [0.25, 0.3) is 5.91 Å². The van der Waals surface area contributed by atoms with Crippen molar-refractivity contribution >= 4 is 17.6 Å². The number of ether oxygens (including phenoxy) is 2. The third-order valence-electron chi connectivity index (χ3n) is 4.20. The lowest BCUT2D eigenvalue weighted by Gasteiger charge is -2.17. The maximum Gasteiger partial charge on any atom is 0.251 e. The summed E-state index contributed by atoms with van der Waals surface area (Å²) in [6.07, 6.45) is 0.851. The van der Waals surface area contributed by atoms with Crippen LogP contribution >= 0.6 is 0 Å². The summed E-state index contributed by atoms with van der Waals surface area (Å²) < 4.78 is 10.5. The molecule has 0 saturated carbocycles. The van der Waals surface area contributed by atoms with Gasteiger partial charge in [-0.3, -0.25) is 4.79 Å². The second-order valence-electron chi connectivity index (χ2n) is 5.89. The highest BCUT2D eigenvalue weighted by atomic mass is 16.5. The van der Waals surface area contributed by atoms with Crippen LogP contribution in [0.25, 0.3) is 0 Å². The number of nitrogens with two attached hydrogens (primary N) is 1. The van der Waals surface area contributed by atoms with Crippen LogP contribution in [-0.2, 0) is 13.0 Å². The number of rotatable bonds is 5. The number of carbonyl (C=O) groups excluding carboxylic acids is 1. The van der Waals surface area contributed by atoms with Gasteiger partial charge in [-0.05, 0) is 35.7 Å². The van der Waals surface area contributed by atoms with Gasteiger partial charge < -0.3 is 25.8 Å². The van der Waals surface area contributed by atoms with Gasteiger partial charge in [0.1, 0.15) is 11.5 Å². The summed E-state index contributed by atoms with van der Waals surface area (Å²) in [7, 11) is 3.17. The van der Waals surface area contributed by atoms with E-state index in [-0.39, 0.29) is 11.9 Å². The summed E-state index contributed by atoms with van der Waals surface area (Å²) in [5, 5.41) is 5.87. The van der Waals surface area contributed by atoms with E-state index in [0.717, 1.165) is 17.5 Å². The Morgan fingerprint density at radius 3 is 2.85 bits per heavy atom. The third-order valence-corrected chi connectivity index (χ3v) is 4.20. The van der Waals surface area contributed by atoms with E-state index in [0.29, 0.717) is 35.8 Å².